The molecule has 0 fully saturated rings. The van der Waals surface area contributed by atoms with Gasteiger partial charge in [-0.3, -0.25) is 14.2 Å². The molecule has 0 unspecified atom stereocenters. The average molecular weight is 635 g/mol. The lowest BCUT2D eigenvalue weighted by atomic mass is 9.95. The first kappa shape index (κ1) is 28.4. The van der Waals surface area contributed by atoms with Crippen molar-refractivity contribution in [3.63, 3.8) is 0 Å². The van der Waals surface area contributed by atoms with E-state index in [9.17, 15) is 9.59 Å². The Morgan fingerprint density at radius 2 is 1.88 bits per heavy atom. The Labute approximate surface area is 249 Å². The molecule has 3 aromatic carbocycles. The third-order valence-corrected chi connectivity index (χ3v) is 8.12. The highest BCUT2D eigenvalue weighted by Crippen LogP contribution is 2.37. The number of ether oxygens (including phenoxy) is 3. The largest absolute Gasteiger partial charge is 0.497 e. The molecule has 0 saturated carbocycles. The summed E-state index contributed by atoms with van der Waals surface area (Å²) in [5, 5.41) is 2.96. The van der Waals surface area contributed by atoms with E-state index < -0.39 is 6.04 Å². The van der Waals surface area contributed by atoms with Crippen molar-refractivity contribution in [1.29, 1.82) is 0 Å². The van der Waals surface area contributed by atoms with Gasteiger partial charge in [0.05, 0.1) is 47.1 Å². The van der Waals surface area contributed by atoms with Crippen molar-refractivity contribution in [2.24, 2.45) is 4.99 Å². The van der Waals surface area contributed by atoms with E-state index in [-0.39, 0.29) is 11.5 Å². The van der Waals surface area contributed by atoms with Crippen molar-refractivity contribution < 1.29 is 19.0 Å². The Balaban J connectivity index is 1.67. The molecule has 0 bridgehead atoms. The molecular formula is C31H28BrN3O5S. The molecule has 1 aliphatic heterocycles. The predicted molar refractivity (Wildman–Crippen MR) is 164 cm³/mol. The molecule has 1 aliphatic rings. The lowest BCUT2D eigenvalue weighted by molar-refractivity contribution is -0.113. The number of hydrogen-bond acceptors (Lipinski definition) is 7. The average Bonchev–Trinajstić information content (AvgIpc) is 3.27. The smallest absolute Gasteiger partial charge is 0.271 e. The van der Waals surface area contributed by atoms with Crippen LogP contribution in [0.3, 0.4) is 0 Å². The van der Waals surface area contributed by atoms with Crippen LogP contribution in [0.25, 0.3) is 6.08 Å². The summed E-state index contributed by atoms with van der Waals surface area (Å²) in [4.78, 5) is 33.0. The van der Waals surface area contributed by atoms with Crippen LogP contribution in [0.2, 0.25) is 0 Å². The van der Waals surface area contributed by atoms with Gasteiger partial charge in [-0.05, 0) is 83.4 Å². The number of anilines is 1. The van der Waals surface area contributed by atoms with Gasteiger partial charge in [0.1, 0.15) is 5.75 Å². The second kappa shape index (κ2) is 12.2. The zero-order valence-corrected chi connectivity index (χ0v) is 25.3. The summed E-state index contributed by atoms with van der Waals surface area (Å²) in [6.07, 6.45) is 1.79. The highest BCUT2D eigenvalue weighted by Gasteiger charge is 2.32. The number of nitrogens with one attached hydrogen (secondary N) is 1. The Morgan fingerprint density at radius 1 is 1.10 bits per heavy atom. The lowest BCUT2D eigenvalue weighted by Gasteiger charge is -2.25. The van der Waals surface area contributed by atoms with Gasteiger partial charge in [-0.25, -0.2) is 4.99 Å². The normalized spacial score (nSPS) is 14.8. The monoisotopic (exact) mass is 633 g/mol. The van der Waals surface area contributed by atoms with Crippen molar-refractivity contribution in [3.05, 3.63) is 113 Å². The first-order valence-corrected chi connectivity index (χ1v) is 14.5. The van der Waals surface area contributed by atoms with Gasteiger partial charge in [0.15, 0.2) is 16.3 Å². The maximum absolute atomic E-state index is 14.0. The maximum Gasteiger partial charge on any atom is 0.271 e. The van der Waals surface area contributed by atoms with Gasteiger partial charge >= 0.3 is 0 Å². The number of thiazole rings is 1. The molecular weight excluding hydrogens is 606 g/mol. The van der Waals surface area contributed by atoms with Crippen LogP contribution < -0.4 is 34.4 Å². The zero-order chi connectivity index (χ0) is 29.1. The Bertz CT molecular complexity index is 1830. The second-order valence-corrected chi connectivity index (χ2v) is 11.0. The van der Waals surface area contributed by atoms with Crippen LogP contribution in [-0.4, -0.2) is 31.3 Å². The van der Waals surface area contributed by atoms with E-state index in [2.05, 4.69) is 21.2 Å². The molecule has 1 atom stereocenters. The third kappa shape index (κ3) is 5.71. The standard InChI is InChI=1S/C31H28BrN3O5S/c1-5-40-28-23(32)14-19(15-24(28)39-4)16-25-30(37)35-27(20-10-9-13-22(17-20)38-3)26(18(2)33-31(35)41-25)29(36)34-21-11-7-6-8-12-21/h6-17,27H,5H2,1-4H3,(H,34,36)/b25-16-/t27-/m0/s1. The van der Waals surface area contributed by atoms with Crippen molar-refractivity contribution >= 4 is 44.9 Å². The van der Waals surface area contributed by atoms with Gasteiger partial charge in [0.2, 0.25) is 0 Å². The minimum atomic E-state index is -0.714. The van der Waals surface area contributed by atoms with E-state index in [1.165, 1.54) is 11.3 Å². The number of nitrogens with zero attached hydrogens (tertiary/aromatic N) is 2. The number of para-hydroxylation sites is 1. The highest BCUT2D eigenvalue weighted by molar-refractivity contribution is 9.10. The molecule has 1 N–H and O–H groups in total. The van der Waals surface area contributed by atoms with Gasteiger partial charge < -0.3 is 19.5 Å². The number of rotatable bonds is 8. The molecule has 1 amide bonds. The number of benzene rings is 3. The van der Waals surface area contributed by atoms with Gasteiger partial charge in [-0.15, -0.1) is 0 Å². The molecule has 0 aliphatic carbocycles. The van der Waals surface area contributed by atoms with Crippen LogP contribution in [0.5, 0.6) is 17.2 Å². The number of hydrogen-bond donors (Lipinski definition) is 1. The first-order chi connectivity index (χ1) is 19.8. The molecule has 210 valence electrons. The molecule has 41 heavy (non-hydrogen) atoms. The Morgan fingerprint density at radius 3 is 2.59 bits per heavy atom. The summed E-state index contributed by atoms with van der Waals surface area (Å²) in [6.45, 7) is 4.17. The van der Waals surface area contributed by atoms with E-state index in [4.69, 9.17) is 19.2 Å². The summed E-state index contributed by atoms with van der Waals surface area (Å²) in [5.41, 5.74) is 2.78. The second-order valence-electron chi connectivity index (χ2n) is 9.15. The summed E-state index contributed by atoms with van der Waals surface area (Å²) in [7, 11) is 3.15. The fourth-order valence-corrected chi connectivity index (χ4v) is 6.34. The van der Waals surface area contributed by atoms with Crippen molar-refractivity contribution in [2.75, 3.05) is 26.1 Å². The van der Waals surface area contributed by atoms with E-state index in [0.717, 1.165) is 11.1 Å². The molecule has 1 aromatic heterocycles. The van der Waals surface area contributed by atoms with Crippen LogP contribution in [-0.2, 0) is 4.79 Å². The molecule has 0 radical (unpaired) electrons. The van der Waals surface area contributed by atoms with E-state index in [1.54, 1.807) is 31.8 Å². The van der Waals surface area contributed by atoms with Crippen LogP contribution in [0.4, 0.5) is 5.69 Å². The summed E-state index contributed by atoms with van der Waals surface area (Å²) in [5.74, 6) is 1.43. The van der Waals surface area contributed by atoms with Crippen LogP contribution in [0.1, 0.15) is 31.0 Å². The number of carbonyl (C=O) groups is 1. The van der Waals surface area contributed by atoms with Crippen molar-refractivity contribution in [2.45, 2.75) is 19.9 Å². The first-order valence-electron chi connectivity index (χ1n) is 12.9. The number of amides is 1. The number of fused-ring (bicyclic) bond motifs is 1. The number of halogens is 1. The van der Waals surface area contributed by atoms with Crippen LogP contribution in [0.15, 0.2) is 92.3 Å². The minimum Gasteiger partial charge on any atom is -0.497 e. The van der Waals surface area contributed by atoms with Gasteiger partial charge in [0.25, 0.3) is 11.5 Å². The number of carbonyl (C=O) groups excluding carboxylic acids is 1. The van der Waals surface area contributed by atoms with Crippen LogP contribution in [0, 0.1) is 0 Å². The summed E-state index contributed by atoms with van der Waals surface area (Å²) in [6, 6.07) is 19.6. The fourth-order valence-electron chi connectivity index (χ4n) is 4.72. The van der Waals surface area contributed by atoms with E-state index >= 15 is 0 Å². The number of methoxy groups -OCH3 is 2. The Kier molecular flexibility index (Phi) is 8.41. The molecule has 2 heterocycles. The van der Waals surface area contributed by atoms with E-state index in [0.29, 0.717) is 54.6 Å². The lowest BCUT2D eigenvalue weighted by Crippen LogP contribution is -2.40. The topological polar surface area (TPSA) is 91.2 Å². The molecule has 8 nitrogen and oxygen atoms in total. The summed E-state index contributed by atoms with van der Waals surface area (Å²) >= 11 is 4.82. The van der Waals surface area contributed by atoms with Gasteiger partial charge in [-0.1, -0.05) is 41.7 Å². The summed E-state index contributed by atoms with van der Waals surface area (Å²) < 4.78 is 19.5. The third-order valence-electron chi connectivity index (χ3n) is 6.55. The van der Waals surface area contributed by atoms with Crippen LogP contribution >= 0.6 is 27.3 Å². The quantitative estimate of drug-likeness (QED) is 0.293. The predicted octanol–water partition coefficient (Wildman–Crippen LogP) is 5.05. The SMILES string of the molecule is CCOc1c(Br)cc(/C=c2\sc3n(c2=O)[C@@H](c2cccc(OC)c2)C(C(=O)Nc2ccccc2)=C(C)N=3)cc1OC. The highest BCUT2D eigenvalue weighted by atomic mass is 79.9. The zero-order valence-electron chi connectivity index (χ0n) is 22.9. The van der Waals surface area contributed by atoms with Gasteiger partial charge in [-0.2, -0.15) is 0 Å². The number of aromatic nitrogens is 1. The molecule has 10 heteroatoms. The molecule has 0 spiro atoms. The van der Waals surface area contributed by atoms with E-state index in [1.807, 2.05) is 73.7 Å². The van der Waals surface area contributed by atoms with Gasteiger partial charge in [0, 0.05) is 5.69 Å². The molecule has 4 aromatic rings. The fraction of sp³-hybridized carbons (Fsp3) is 0.194. The number of allylic oxidation sites excluding steroid dienone is 1. The van der Waals surface area contributed by atoms with Crippen molar-refractivity contribution in [3.8, 4) is 17.2 Å². The Hall–Kier alpha value is -4.15. The molecule has 0 saturated heterocycles. The van der Waals surface area contributed by atoms with Crippen molar-refractivity contribution in [1.82, 2.24) is 4.57 Å². The minimum absolute atomic E-state index is 0.261. The molecule has 5 rings (SSSR count). The maximum atomic E-state index is 14.0.